The molecule has 0 aliphatic heterocycles. The SMILES string of the molecule is O=C(Nc1ccc(Br)c(Cl)c1)c1cnc(Cl)c(Cl)c1. The molecule has 0 bridgehead atoms. The first-order valence-electron chi connectivity index (χ1n) is 5.05. The maximum absolute atomic E-state index is 12.0. The van der Waals surface area contributed by atoms with Crippen LogP contribution in [0.2, 0.25) is 15.2 Å². The van der Waals surface area contributed by atoms with Crippen LogP contribution in [0.25, 0.3) is 0 Å². The second-order valence-electron chi connectivity index (χ2n) is 3.58. The summed E-state index contributed by atoms with van der Waals surface area (Å²) >= 11 is 20.7. The summed E-state index contributed by atoms with van der Waals surface area (Å²) in [6.07, 6.45) is 1.35. The van der Waals surface area contributed by atoms with Gasteiger partial charge in [-0.3, -0.25) is 4.79 Å². The Hall–Kier alpha value is -0.810. The Morgan fingerprint density at radius 2 is 1.89 bits per heavy atom. The van der Waals surface area contributed by atoms with Crippen molar-refractivity contribution in [2.75, 3.05) is 5.32 Å². The van der Waals surface area contributed by atoms with Crippen molar-refractivity contribution in [3.63, 3.8) is 0 Å². The number of pyridine rings is 1. The van der Waals surface area contributed by atoms with Gasteiger partial charge >= 0.3 is 0 Å². The van der Waals surface area contributed by atoms with Gasteiger partial charge in [0.25, 0.3) is 5.91 Å². The van der Waals surface area contributed by atoms with Gasteiger partial charge in [0.1, 0.15) is 5.15 Å². The van der Waals surface area contributed by atoms with E-state index in [1.165, 1.54) is 12.3 Å². The van der Waals surface area contributed by atoms with Crippen LogP contribution in [-0.2, 0) is 0 Å². The molecule has 0 radical (unpaired) electrons. The highest BCUT2D eigenvalue weighted by molar-refractivity contribution is 9.10. The Morgan fingerprint density at radius 3 is 2.53 bits per heavy atom. The Labute approximate surface area is 133 Å². The summed E-state index contributed by atoms with van der Waals surface area (Å²) in [5, 5.41) is 3.57. The fraction of sp³-hybridized carbons (Fsp3) is 0. The third-order valence-corrected chi connectivity index (χ3v) is 4.15. The molecule has 1 amide bonds. The van der Waals surface area contributed by atoms with Gasteiger partial charge in [0, 0.05) is 16.4 Å². The highest BCUT2D eigenvalue weighted by atomic mass is 79.9. The second kappa shape index (κ2) is 6.09. The van der Waals surface area contributed by atoms with E-state index in [2.05, 4.69) is 26.2 Å². The Kier molecular flexibility index (Phi) is 4.68. The molecule has 0 aliphatic rings. The number of amides is 1. The number of aromatic nitrogens is 1. The molecule has 0 saturated carbocycles. The lowest BCUT2D eigenvalue weighted by atomic mass is 10.2. The monoisotopic (exact) mass is 378 g/mol. The molecule has 0 unspecified atom stereocenters. The zero-order valence-electron chi connectivity index (χ0n) is 9.25. The van der Waals surface area contributed by atoms with Gasteiger partial charge in [-0.1, -0.05) is 34.8 Å². The highest BCUT2D eigenvalue weighted by Gasteiger charge is 2.10. The minimum atomic E-state index is -0.343. The maximum atomic E-state index is 12.0. The van der Waals surface area contributed by atoms with Crippen molar-refractivity contribution in [1.29, 1.82) is 0 Å². The largest absolute Gasteiger partial charge is 0.322 e. The van der Waals surface area contributed by atoms with E-state index in [4.69, 9.17) is 34.8 Å². The number of halogens is 4. The minimum absolute atomic E-state index is 0.157. The molecule has 0 aliphatic carbocycles. The molecule has 98 valence electrons. The molecule has 2 rings (SSSR count). The van der Waals surface area contributed by atoms with Crippen LogP contribution in [0.3, 0.4) is 0 Å². The average molecular weight is 380 g/mol. The van der Waals surface area contributed by atoms with Crippen LogP contribution in [0.1, 0.15) is 10.4 Å². The van der Waals surface area contributed by atoms with E-state index in [1.807, 2.05) is 0 Å². The van der Waals surface area contributed by atoms with E-state index in [0.717, 1.165) is 4.47 Å². The maximum Gasteiger partial charge on any atom is 0.257 e. The van der Waals surface area contributed by atoms with Crippen LogP contribution < -0.4 is 5.32 Å². The molecule has 1 aromatic heterocycles. The average Bonchev–Trinajstić information content (AvgIpc) is 2.37. The molecule has 7 heteroatoms. The molecule has 0 spiro atoms. The normalized spacial score (nSPS) is 10.3. The smallest absolute Gasteiger partial charge is 0.257 e. The fourth-order valence-corrected chi connectivity index (χ4v) is 2.02. The third-order valence-electron chi connectivity index (χ3n) is 2.24. The molecular formula is C12H6BrCl3N2O. The number of hydrogen-bond donors (Lipinski definition) is 1. The Balaban J connectivity index is 2.20. The van der Waals surface area contributed by atoms with E-state index < -0.39 is 0 Å². The van der Waals surface area contributed by atoms with Crippen LogP contribution in [0.5, 0.6) is 0 Å². The highest BCUT2D eigenvalue weighted by Crippen LogP contribution is 2.26. The standard InChI is InChI=1S/C12H6BrCl3N2O/c13-8-2-1-7(4-9(8)14)18-12(19)6-3-10(15)11(16)17-5-6/h1-5H,(H,18,19). The Bertz CT molecular complexity index is 649. The quantitative estimate of drug-likeness (QED) is 0.740. The van der Waals surface area contributed by atoms with Crippen LogP contribution >= 0.6 is 50.7 Å². The van der Waals surface area contributed by atoms with Gasteiger partial charge in [-0.2, -0.15) is 0 Å². The summed E-state index contributed by atoms with van der Waals surface area (Å²) in [5.41, 5.74) is 0.887. The predicted molar refractivity (Wildman–Crippen MR) is 81.4 cm³/mol. The Morgan fingerprint density at radius 1 is 1.16 bits per heavy atom. The van der Waals surface area contributed by atoms with Crippen LogP contribution in [0, 0.1) is 0 Å². The van der Waals surface area contributed by atoms with Gasteiger partial charge in [0.05, 0.1) is 15.6 Å². The molecule has 0 atom stereocenters. The van der Waals surface area contributed by atoms with E-state index >= 15 is 0 Å². The van der Waals surface area contributed by atoms with Crippen molar-refractivity contribution in [2.45, 2.75) is 0 Å². The first-order chi connectivity index (χ1) is 8.97. The number of benzene rings is 1. The molecule has 1 N–H and O–H groups in total. The van der Waals surface area contributed by atoms with Crippen molar-refractivity contribution in [1.82, 2.24) is 4.98 Å². The molecule has 3 nitrogen and oxygen atoms in total. The molecule has 2 aromatic rings. The van der Waals surface area contributed by atoms with Crippen LogP contribution in [0.15, 0.2) is 34.9 Å². The van der Waals surface area contributed by atoms with Gasteiger partial charge in [0.2, 0.25) is 0 Å². The topological polar surface area (TPSA) is 42.0 Å². The number of hydrogen-bond acceptors (Lipinski definition) is 2. The number of nitrogens with zero attached hydrogens (tertiary/aromatic N) is 1. The third kappa shape index (κ3) is 3.60. The van der Waals surface area contributed by atoms with E-state index in [9.17, 15) is 4.79 Å². The molecule has 1 heterocycles. The summed E-state index contributed by atoms with van der Waals surface area (Å²) in [6.45, 7) is 0. The first-order valence-corrected chi connectivity index (χ1v) is 6.97. The fourth-order valence-electron chi connectivity index (χ4n) is 1.32. The summed E-state index contributed by atoms with van der Waals surface area (Å²) in [4.78, 5) is 15.8. The number of carbonyl (C=O) groups is 1. The second-order valence-corrected chi connectivity index (χ2v) is 5.61. The van der Waals surface area contributed by atoms with Crippen LogP contribution in [-0.4, -0.2) is 10.9 Å². The van der Waals surface area contributed by atoms with Gasteiger partial charge in [-0.05, 0) is 40.2 Å². The number of rotatable bonds is 2. The predicted octanol–water partition coefficient (Wildman–Crippen LogP) is 5.06. The van der Waals surface area contributed by atoms with Crippen molar-refractivity contribution in [3.05, 3.63) is 55.7 Å². The van der Waals surface area contributed by atoms with E-state index in [-0.39, 0.29) is 16.1 Å². The number of nitrogens with one attached hydrogen (secondary N) is 1. The lowest BCUT2D eigenvalue weighted by Gasteiger charge is -2.06. The van der Waals surface area contributed by atoms with Crippen LogP contribution in [0.4, 0.5) is 5.69 Å². The van der Waals surface area contributed by atoms with E-state index in [0.29, 0.717) is 16.3 Å². The minimum Gasteiger partial charge on any atom is -0.322 e. The lowest BCUT2D eigenvalue weighted by Crippen LogP contribution is -2.12. The van der Waals surface area contributed by atoms with Crippen molar-refractivity contribution >= 4 is 62.3 Å². The molecular weight excluding hydrogens is 374 g/mol. The van der Waals surface area contributed by atoms with Gasteiger partial charge in [-0.15, -0.1) is 0 Å². The molecule has 1 aromatic carbocycles. The number of carbonyl (C=O) groups excluding carboxylic acids is 1. The zero-order valence-corrected chi connectivity index (χ0v) is 13.1. The van der Waals surface area contributed by atoms with Crippen molar-refractivity contribution in [3.8, 4) is 0 Å². The van der Waals surface area contributed by atoms with Gasteiger partial charge in [-0.25, -0.2) is 4.98 Å². The molecule has 0 saturated heterocycles. The van der Waals surface area contributed by atoms with Gasteiger partial charge in [0.15, 0.2) is 0 Å². The molecule has 19 heavy (non-hydrogen) atoms. The van der Waals surface area contributed by atoms with Crippen molar-refractivity contribution in [2.24, 2.45) is 0 Å². The van der Waals surface area contributed by atoms with Gasteiger partial charge < -0.3 is 5.32 Å². The summed E-state index contributed by atoms with van der Waals surface area (Å²) < 4.78 is 0.753. The van der Waals surface area contributed by atoms with Crippen molar-refractivity contribution < 1.29 is 4.79 Å². The number of anilines is 1. The zero-order chi connectivity index (χ0) is 14.0. The summed E-state index contributed by atoms with van der Waals surface area (Å²) in [6, 6.07) is 6.55. The lowest BCUT2D eigenvalue weighted by molar-refractivity contribution is 0.102. The first kappa shape index (κ1) is 14.6. The summed E-state index contributed by atoms with van der Waals surface area (Å²) in [5.74, 6) is -0.343. The van der Waals surface area contributed by atoms with E-state index in [1.54, 1.807) is 18.2 Å². The molecule has 0 fully saturated rings. The summed E-state index contributed by atoms with van der Waals surface area (Å²) in [7, 11) is 0.